The Morgan fingerprint density at radius 1 is 1.20 bits per heavy atom. The van der Waals surface area contributed by atoms with E-state index in [0.717, 1.165) is 25.9 Å². The lowest BCUT2D eigenvalue weighted by atomic mass is 10.1. The number of hydrogen-bond donors (Lipinski definition) is 1. The summed E-state index contributed by atoms with van der Waals surface area (Å²) in [6.07, 6.45) is 2.16. The third kappa shape index (κ3) is 5.19. The van der Waals surface area contributed by atoms with E-state index in [1.54, 1.807) is 0 Å². The Bertz CT molecular complexity index is 399. The molecule has 1 heterocycles. The van der Waals surface area contributed by atoms with Crippen LogP contribution in [0.3, 0.4) is 0 Å². The Balaban J connectivity index is 2.88. The van der Waals surface area contributed by atoms with Crippen LogP contribution < -0.4 is 15.0 Å². The van der Waals surface area contributed by atoms with Crippen molar-refractivity contribution >= 4 is 11.9 Å². The minimum absolute atomic E-state index is 0.382. The van der Waals surface area contributed by atoms with Crippen molar-refractivity contribution in [3.05, 3.63) is 0 Å². The SMILES string of the molecule is CCCNc1nc(OCC)nc(N(C)CC(C)CC)n1. The van der Waals surface area contributed by atoms with Crippen molar-refractivity contribution in [1.29, 1.82) is 0 Å². The molecule has 0 saturated carbocycles. The summed E-state index contributed by atoms with van der Waals surface area (Å²) in [4.78, 5) is 15.1. The van der Waals surface area contributed by atoms with E-state index in [1.807, 2.05) is 14.0 Å². The quantitative estimate of drug-likeness (QED) is 0.750. The maximum Gasteiger partial charge on any atom is 0.323 e. The van der Waals surface area contributed by atoms with Gasteiger partial charge >= 0.3 is 6.01 Å². The highest BCUT2D eigenvalue weighted by Crippen LogP contribution is 2.16. The molecule has 1 N–H and O–H groups in total. The van der Waals surface area contributed by atoms with Crippen LogP contribution in [0.2, 0.25) is 0 Å². The van der Waals surface area contributed by atoms with Crippen LogP contribution in [-0.4, -0.2) is 41.7 Å². The van der Waals surface area contributed by atoms with Crippen molar-refractivity contribution in [2.24, 2.45) is 5.92 Å². The molecule has 0 aromatic carbocycles. The summed E-state index contributed by atoms with van der Waals surface area (Å²) in [7, 11) is 2.00. The van der Waals surface area contributed by atoms with Gasteiger partial charge in [0.15, 0.2) is 0 Å². The Labute approximate surface area is 122 Å². The van der Waals surface area contributed by atoms with Crippen LogP contribution in [0.1, 0.15) is 40.5 Å². The summed E-state index contributed by atoms with van der Waals surface area (Å²) in [5.74, 6) is 1.83. The van der Waals surface area contributed by atoms with Gasteiger partial charge in [0.05, 0.1) is 6.61 Å². The van der Waals surface area contributed by atoms with Gasteiger partial charge in [-0.1, -0.05) is 27.2 Å². The van der Waals surface area contributed by atoms with Crippen LogP contribution >= 0.6 is 0 Å². The second kappa shape index (κ2) is 8.55. The van der Waals surface area contributed by atoms with Gasteiger partial charge < -0.3 is 15.0 Å². The van der Waals surface area contributed by atoms with E-state index in [1.165, 1.54) is 0 Å². The minimum atomic E-state index is 0.382. The zero-order valence-corrected chi connectivity index (χ0v) is 13.3. The second-order valence-corrected chi connectivity index (χ2v) is 5.00. The topological polar surface area (TPSA) is 63.2 Å². The molecule has 0 aliphatic heterocycles. The molecule has 114 valence electrons. The van der Waals surface area contributed by atoms with E-state index >= 15 is 0 Å². The molecule has 6 heteroatoms. The molecule has 0 spiro atoms. The number of hydrogen-bond acceptors (Lipinski definition) is 6. The van der Waals surface area contributed by atoms with Gasteiger partial charge in [-0.05, 0) is 19.3 Å². The molecule has 1 rings (SSSR count). The van der Waals surface area contributed by atoms with Gasteiger partial charge in [-0.3, -0.25) is 0 Å². The van der Waals surface area contributed by atoms with Crippen LogP contribution in [0.4, 0.5) is 11.9 Å². The summed E-state index contributed by atoms with van der Waals surface area (Å²) >= 11 is 0. The van der Waals surface area contributed by atoms with Crippen molar-refractivity contribution in [2.45, 2.75) is 40.5 Å². The van der Waals surface area contributed by atoms with E-state index in [0.29, 0.717) is 30.4 Å². The molecule has 1 atom stereocenters. The zero-order chi connectivity index (χ0) is 15.0. The Morgan fingerprint density at radius 2 is 1.95 bits per heavy atom. The van der Waals surface area contributed by atoms with Gasteiger partial charge in [0, 0.05) is 20.1 Å². The lowest BCUT2D eigenvalue weighted by Gasteiger charge is -2.21. The molecule has 0 radical (unpaired) electrons. The molecule has 6 nitrogen and oxygen atoms in total. The van der Waals surface area contributed by atoms with Crippen LogP contribution in [-0.2, 0) is 0 Å². The first kappa shape index (κ1) is 16.5. The van der Waals surface area contributed by atoms with Gasteiger partial charge in [-0.2, -0.15) is 15.0 Å². The highest BCUT2D eigenvalue weighted by Gasteiger charge is 2.12. The Kier molecular flexibility index (Phi) is 7.04. The Morgan fingerprint density at radius 3 is 2.55 bits per heavy atom. The summed E-state index contributed by atoms with van der Waals surface area (Å²) in [5, 5.41) is 3.19. The highest BCUT2D eigenvalue weighted by molar-refractivity contribution is 5.37. The highest BCUT2D eigenvalue weighted by atomic mass is 16.5. The van der Waals surface area contributed by atoms with Crippen LogP contribution in [0, 0.1) is 5.92 Å². The monoisotopic (exact) mass is 281 g/mol. The first-order chi connectivity index (χ1) is 9.60. The largest absolute Gasteiger partial charge is 0.464 e. The fraction of sp³-hybridized carbons (Fsp3) is 0.786. The van der Waals surface area contributed by atoms with Gasteiger partial charge in [-0.15, -0.1) is 0 Å². The molecule has 0 amide bonds. The molecule has 1 unspecified atom stereocenters. The molecule has 0 bridgehead atoms. The van der Waals surface area contributed by atoms with E-state index in [2.05, 4.69) is 45.9 Å². The number of aromatic nitrogens is 3. The average molecular weight is 281 g/mol. The number of anilines is 2. The van der Waals surface area contributed by atoms with Crippen LogP contribution in [0.15, 0.2) is 0 Å². The lowest BCUT2D eigenvalue weighted by Crippen LogP contribution is -2.26. The third-order valence-electron chi connectivity index (χ3n) is 3.03. The number of ether oxygens (including phenoxy) is 1. The molecule has 1 aromatic heterocycles. The summed E-state index contributed by atoms with van der Waals surface area (Å²) in [6.45, 7) is 10.7. The Hall–Kier alpha value is -1.59. The van der Waals surface area contributed by atoms with E-state index in [4.69, 9.17) is 4.74 Å². The fourth-order valence-electron chi connectivity index (χ4n) is 1.70. The average Bonchev–Trinajstić information content (AvgIpc) is 2.45. The van der Waals surface area contributed by atoms with Gasteiger partial charge in [0.2, 0.25) is 11.9 Å². The zero-order valence-electron chi connectivity index (χ0n) is 13.3. The van der Waals surface area contributed by atoms with E-state index < -0.39 is 0 Å². The van der Waals surface area contributed by atoms with E-state index in [-0.39, 0.29) is 0 Å². The summed E-state index contributed by atoms with van der Waals surface area (Å²) in [5.41, 5.74) is 0. The second-order valence-electron chi connectivity index (χ2n) is 5.00. The number of nitrogens with zero attached hydrogens (tertiary/aromatic N) is 4. The van der Waals surface area contributed by atoms with Crippen molar-refractivity contribution in [1.82, 2.24) is 15.0 Å². The van der Waals surface area contributed by atoms with Gasteiger partial charge in [0.1, 0.15) is 0 Å². The molecule has 0 aliphatic rings. The molecular weight excluding hydrogens is 254 g/mol. The standard InChI is InChI=1S/C14H27N5O/c1-6-9-15-12-16-13(18-14(17-12)20-8-3)19(5)10-11(4)7-2/h11H,6-10H2,1-5H3,(H,15,16,17,18). The maximum absolute atomic E-state index is 5.42. The molecule has 20 heavy (non-hydrogen) atoms. The molecule has 0 fully saturated rings. The molecule has 1 aromatic rings. The van der Waals surface area contributed by atoms with Crippen LogP contribution in [0.5, 0.6) is 6.01 Å². The normalized spacial score (nSPS) is 12.1. The van der Waals surface area contributed by atoms with Crippen molar-refractivity contribution < 1.29 is 4.74 Å². The fourth-order valence-corrected chi connectivity index (χ4v) is 1.70. The predicted molar refractivity (Wildman–Crippen MR) is 82.5 cm³/mol. The lowest BCUT2D eigenvalue weighted by molar-refractivity contribution is 0.312. The van der Waals surface area contributed by atoms with E-state index in [9.17, 15) is 0 Å². The maximum atomic E-state index is 5.42. The van der Waals surface area contributed by atoms with Crippen molar-refractivity contribution in [3.63, 3.8) is 0 Å². The summed E-state index contributed by atoms with van der Waals surface area (Å²) < 4.78 is 5.42. The first-order valence-corrected chi connectivity index (χ1v) is 7.44. The van der Waals surface area contributed by atoms with Crippen LogP contribution in [0.25, 0.3) is 0 Å². The minimum Gasteiger partial charge on any atom is -0.464 e. The number of rotatable bonds is 9. The smallest absolute Gasteiger partial charge is 0.323 e. The third-order valence-corrected chi connectivity index (χ3v) is 3.03. The molecule has 0 saturated heterocycles. The van der Waals surface area contributed by atoms with Gasteiger partial charge in [0.25, 0.3) is 0 Å². The van der Waals surface area contributed by atoms with Gasteiger partial charge in [-0.25, -0.2) is 0 Å². The summed E-state index contributed by atoms with van der Waals surface area (Å²) in [6, 6.07) is 0.382. The molecular formula is C14H27N5O. The van der Waals surface area contributed by atoms with Crippen molar-refractivity contribution in [2.75, 3.05) is 37.0 Å². The van der Waals surface area contributed by atoms with Crippen molar-refractivity contribution in [3.8, 4) is 6.01 Å². The first-order valence-electron chi connectivity index (χ1n) is 7.44. The molecule has 0 aliphatic carbocycles. The predicted octanol–water partition coefficient (Wildman–Crippen LogP) is 2.57. The number of nitrogens with one attached hydrogen (secondary N) is 1.